The van der Waals surface area contributed by atoms with Crippen LogP contribution < -0.4 is 5.32 Å². The van der Waals surface area contributed by atoms with Crippen LogP contribution in [0.5, 0.6) is 0 Å². The van der Waals surface area contributed by atoms with Gasteiger partial charge in [-0.1, -0.05) is 13.8 Å². The predicted molar refractivity (Wildman–Crippen MR) is 67.2 cm³/mol. The first-order valence-corrected chi connectivity index (χ1v) is 5.85. The number of hydrogen-bond donors (Lipinski definition) is 1. The van der Waals surface area contributed by atoms with E-state index in [1.54, 1.807) is 0 Å². The largest absolute Gasteiger partial charge is 0.308 e. The Hall–Kier alpha value is -0.870. The standard InChI is InChI=1S/C12H24N4/c1-10(2)12(9-15(3)4)13-8-11-6-7-16(5)14-11/h6-7,10,12-13H,8-9H2,1-5H3. The Bertz CT molecular complexity index is 304. The first-order valence-electron chi connectivity index (χ1n) is 5.85. The van der Waals surface area contributed by atoms with E-state index < -0.39 is 0 Å². The van der Waals surface area contributed by atoms with Crippen molar-refractivity contribution in [1.29, 1.82) is 0 Å². The zero-order valence-electron chi connectivity index (χ0n) is 11.1. The van der Waals surface area contributed by atoms with Crippen LogP contribution in [0, 0.1) is 5.92 Å². The van der Waals surface area contributed by atoms with Crippen LogP contribution in [-0.2, 0) is 13.6 Å². The summed E-state index contributed by atoms with van der Waals surface area (Å²) < 4.78 is 1.84. The third-order valence-electron chi connectivity index (χ3n) is 2.68. The van der Waals surface area contributed by atoms with Gasteiger partial charge in [0.1, 0.15) is 0 Å². The van der Waals surface area contributed by atoms with E-state index in [-0.39, 0.29) is 0 Å². The molecule has 1 N–H and O–H groups in total. The molecule has 0 amide bonds. The number of hydrogen-bond acceptors (Lipinski definition) is 3. The Morgan fingerprint density at radius 1 is 1.44 bits per heavy atom. The van der Waals surface area contributed by atoms with Crippen molar-refractivity contribution in [3.05, 3.63) is 18.0 Å². The van der Waals surface area contributed by atoms with E-state index in [2.05, 4.69) is 49.3 Å². The minimum atomic E-state index is 0.511. The fraction of sp³-hybridized carbons (Fsp3) is 0.750. The maximum Gasteiger partial charge on any atom is 0.0762 e. The fourth-order valence-corrected chi connectivity index (χ4v) is 1.70. The molecule has 4 nitrogen and oxygen atoms in total. The minimum Gasteiger partial charge on any atom is -0.308 e. The summed E-state index contributed by atoms with van der Waals surface area (Å²) in [6.45, 7) is 6.40. The molecule has 0 saturated carbocycles. The Kier molecular flexibility index (Phi) is 4.96. The Morgan fingerprint density at radius 3 is 2.56 bits per heavy atom. The lowest BCUT2D eigenvalue weighted by Gasteiger charge is -2.25. The van der Waals surface area contributed by atoms with Crippen LogP contribution in [0.15, 0.2) is 12.3 Å². The molecule has 0 aliphatic carbocycles. The smallest absolute Gasteiger partial charge is 0.0762 e. The van der Waals surface area contributed by atoms with Crippen LogP contribution in [-0.4, -0.2) is 41.4 Å². The van der Waals surface area contributed by atoms with Gasteiger partial charge in [-0.05, 0) is 26.1 Å². The third kappa shape index (κ3) is 4.33. The molecule has 1 aromatic rings. The van der Waals surface area contributed by atoms with Gasteiger partial charge < -0.3 is 10.2 Å². The summed E-state index contributed by atoms with van der Waals surface area (Å²) in [4.78, 5) is 2.22. The van der Waals surface area contributed by atoms with Crippen LogP contribution in [0.4, 0.5) is 0 Å². The summed E-state index contributed by atoms with van der Waals surface area (Å²) in [5.74, 6) is 0.631. The Morgan fingerprint density at radius 2 is 2.12 bits per heavy atom. The van der Waals surface area contributed by atoms with Gasteiger partial charge in [-0.15, -0.1) is 0 Å². The number of aryl methyl sites for hydroxylation is 1. The summed E-state index contributed by atoms with van der Waals surface area (Å²) in [6.07, 6.45) is 1.98. The van der Waals surface area contributed by atoms with Gasteiger partial charge in [0.05, 0.1) is 5.69 Å². The summed E-state index contributed by atoms with van der Waals surface area (Å²) >= 11 is 0. The van der Waals surface area contributed by atoms with Gasteiger partial charge in [-0.3, -0.25) is 4.68 Å². The predicted octanol–water partition coefficient (Wildman–Crippen LogP) is 1.10. The highest BCUT2D eigenvalue weighted by molar-refractivity contribution is 4.98. The van der Waals surface area contributed by atoms with Gasteiger partial charge in [0.15, 0.2) is 0 Å². The van der Waals surface area contributed by atoms with Crippen molar-refractivity contribution >= 4 is 0 Å². The fourth-order valence-electron chi connectivity index (χ4n) is 1.70. The third-order valence-corrected chi connectivity index (χ3v) is 2.68. The molecule has 4 heteroatoms. The van der Waals surface area contributed by atoms with Crippen LogP contribution >= 0.6 is 0 Å². The Balaban J connectivity index is 2.43. The maximum absolute atomic E-state index is 4.36. The van der Waals surface area contributed by atoms with E-state index >= 15 is 0 Å². The van der Waals surface area contributed by atoms with Gasteiger partial charge in [0.2, 0.25) is 0 Å². The molecule has 0 aliphatic heterocycles. The second-order valence-electron chi connectivity index (χ2n) is 4.97. The second kappa shape index (κ2) is 6.01. The first-order chi connectivity index (χ1) is 7.49. The van der Waals surface area contributed by atoms with Gasteiger partial charge in [0.25, 0.3) is 0 Å². The molecule has 0 saturated heterocycles. The monoisotopic (exact) mass is 224 g/mol. The van der Waals surface area contributed by atoms with Gasteiger partial charge >= 0.3 is 0 Å². The van der Waals surface area contributed by atoms with Crippen molar-refractivity contribution < 1.29 is 0 Å². The lowest BCUT2D eigenvalue weighted by Crippen LogP contribution is -2.41. The molecule has 1 heterocycles. The van der Waals surface area contributed by atoms with Gasteiger partial charge in [-0.25, -0.2) is 0 Å². The summed E-state index contributed by atoms with van der Waals surface area (Å²) in [7, 11) is 6.17. The van der Waals surface area contributed by atoms with Gasteiger partial charge in [0, 0.05) is 32.4 Å². The molecule has 1 rings (SSSR count). The van der Waals surface area contributed by atoms with Crippen molar-refractivity contribution in [3.63, 3.8) is 0 Å². The molecule has 1 aromatic heterocycles. The summed E-state index contributed by atoms with van der Waals surface area (Å²) in [5.41, 5.74) is 1.10. The molecule has 92 valence electrons. The molecule has 0 radical (unpaired) electrons. The number of likely N-dealkylation sites (N-methyl/N-ethyl adjacent to an activating group) is 1. The van der Waals surface area contributed by atoms with Crippen LogP contribution in [0.25, 0.3) is 0 Å². The van der Waals surface area contributed by atoms with Crippen molar-refractivity contribution in [2.75, 3.05) is 20.6 Å². The number of nitrogens with zero attached hydrogens (tertiary/aromatic N) is 3. The first kappa shape index (κ1) is 13.2. The number of nitrogens with one attached hydrogen (secondary N) is 1. The highest BCUT2D eigenvalue weighted by Crippen LogP contribution is 2.04. The highest BCUT2D eigenvalue weighted by Gasteiger charge is 2.13. The van der Waals surface area contributed by atoms with Crippen molar-refractivity contribution in [2.24, 2.45) is 13.0 Å². The molecule has 16 heavy (non-hydrogen) atoms. The van der Waals surface area contributed by atoms with E-state index in [0.29, 0.717) is 12.0 Å². The second-order valence-corrected chi connectivity index (χ2v) is 4.97. The average molecular weight is 224 g/mol. The van der Waals surface area contributed by atoms with Crippen LogP contribution in [0.3, 0.4) is 0 Å². The summed E-state index contributed by atoms with van der Waals surface area (Å²) in [6, 6.07) is 2.57. The molecule has 0 aromatic carbocycles. The lowest BCUT2D eigenvalue weighted by atomic mass is 10.0. The SMILES string of the molecule is CC(C)C(CN(C)C)NCc1ccn(C)n1. The quantitative estimate of drug-likeness (QED) is 0.785. The van der Waals surface area contributed by atoms with Crippen LogP contribution in [0.1, 0.15) is 19.5 Å². The van der Waals surface area contributed by atoms with E-state index in [1.165, 1.54) is 0 Å². The topological polar surface area (TPSA) is 33.1 Å². The molecule has 0 bridgehead atoms. The van der Waals surface area contributed by atoms with E-state index in [9.17, 15) is 0 Å². The zero-order valence-corrected chi connectivity index (χ0v) is 11.1. The highest BCUT2D eigenvalue weighted by atomic mass is 15.3. The molecule has 0 aliphatic rings. The van der Waals surface area contributed by atoms with Gasteiger partial charge in [-0.2, -0.15) is 5.10 Å². The minimum absolute atomic E-state index is 0.511. The maximum atomic E-state index is 4.36. The van der Waals surface area contributed by atoms with E-state index in [4.69, 9.17) is 0 Å². The Labute approximate surface area is 98.6 Å². The molecular weight excluding hydrogens is 200 g/mol. The van der Waals surface area contributed by atoms with Crippen LogP contribution in [0.2, 0.25) is 0 Å². The normalized spacial score (nSPS) is 13.7. The van der Waals surface area contributed by atoms with Crippen molar-refractivity contribution in [1.82, 2.24) is 20.0 Å². The number of aromatic nitrogens is 2. The molecular formula is C12H24N4. The molecule has 0 spiro atoms. The van der Waals surface area contributed by atoms with Crippen molar-refractivity contribution in [2.45, 2.75) is 26.4 Å². The average Bonchev–Trinajstić information content (AvgIpc) is 2.58. The zero-order chi connectivity index (χ0) is 12.1. The van der Waals surface area contributed by atoms with E-state index in [1.807, 2.05) is 17.9 Å². The number of rotatable bonds is 6. The molecule has 1 atom stereocenters. The lowest BCUT2D eigenvalue weighted by molar-refractivity contribution is 0.287. The molecule has 0 fully saturated rings. The summed E-state index contributed by atoms with van der Waals surface area (Å²) in [5, 5.41) is 7.92. The van der Waals surface area contributed by atoms with E-state index in [0.717, 1.165) is 18.8 Å². The molecule has 1 unspecified atom stereocenters. The van der Waals surface area contributed by atoms with Crippen molar-refractivity contribution in [3.8, 4) is 0 Å².